The van der Waals surface area contributed by atoms with E-state index in [1.807, 2.05) is 12.1 Å². The molecular formula is C15H21ClN2O2. The average Bonchev–Trinajstić information content (AvgIpc) is 2.91. The van der Waals surface area contributed by atoms with E-state index in [0.717, 1.165) is 30.3 Å². The Bertz CT molecular complexity index is 487. The van der Waals surface area contributed by atoms with Gasteiger partial charge in [-0.2, -0.15) is 0 Å². The van der Waals surface area contributed by atoms with Gasteiger partial charge in [-0.05, 0) is 49.5 Å². The van der Waals surface area contributed by atoms with Crippen LogP contribution in [0.4, 0.5) is 0 Å². The number of piperidine rings is 1. The summed E-state index contributed by atoms with van der Waals surface area (Å²) in [5.41, 5.74) is 7.13. The topological polar surface area (TPSA) is 47.7 Å². The number of halogens is 1. The van der Waals surface area contributed by atoms with Gasteiger partial charge in [0.05, 0.1) is 5.02 Å². The van der Waals surface area contributed by atoms with Crippen LogP contribution in [0.25, 0.3) is 0 Å². The number of ether oxygens (including phenoxy) is 2. The van der Waals surface area contributed by atoms with Gasteiger partial charge in [-0.25, -0.2) is 0 Å². The highest BCUT2D eigenvalue weighted by Gasteiger charge is 2.26. The van der Waals surface area contributed by atoms with Crippen LogP contribution in [-0.4, -0.2) is 31.3 Å². The van der Waals surface area contributed by atoms with Gasteiger partial charge in [0, 0.05) is 12.6 Å². The quantitative estimate of drug-likeness (QED) is 0.932. The minimum atomic E-state index is 0.203. The molecule has 2 aliphatic rings. The fourth-order valence-electron chi connectivity index (χ4n) is 3.02. The number of likely N-dealkylation sites (tertiary alicyclic amines) is 1. The van der Waals surface area contributed by atoms with E-state index in [2.05, 4.69) is 11.8 Å². The van der Waals surface area contributed by atoms with Crippen LogP contribution in [0.15, 0.2) is 12.1 Å². The van der Waals surface area contributed by atoms with Crippen molar-refractivity contribution in [3.05, 3.63) is 22.7 Å². The van der Waals surface area contributed by atoms with Crippen LogP contribution in [0.2, 0.25) is 5.02 Å². The van der Waals surface area contributed by atoms with Crippen LogP contribution in [0.1, 0.15) is 31.4 Å². The molecule has 1 unspecified atom stereocenters. The van der Waals surface area contributed by atoms with Crippen LogP contribution in [0, 0.1) is 5.92 Å². The standard InChI is InChI=1S/C15H21ClN2O2/c1-10-2-4-18(5-3-10)13(8-17)11-6-12(16)15-14(7-11)19-9-20-15/h6-7,10,13H,2-5,8-9,17H2,1H3. The molecule has 2 heterocycles. The number of benzene rings is 1. The maximum Gasteiger partial charge on any atom is 0.231 e. The summed E-state index contributed by atoms with van der Waals surface area (Å²) < 4.78 is 10.8. The molecule has 5 heteroatoms. The van der Waals surface area contributed by atoms with Gasteiger partial charge in [0.15, 0.2) is 11.5 Å². The van der Waals surface area contributed by atoms with Gasteiger partial charge in [-0.3, -0.25) is 4.90 Å². The van der Waals surface area contributed by atoms with E-state index in [0.29, 0.717) is 17.3 Å². The highest BCUT2D eigenvalue weighted by molar-refractivity contribution is 6.32. The lowest BCUT2D eigenvalue weighted by molar-refractivity contribution is 0.141. The zero-order chi connectivity index (χ0) is 14.1. The van der Waals surface area contributed by atoms with E-state index in [1.165, 1.54) is 12.8 Å². The molecule has 1 saturated heterocycles. The van der Waals surface area contributed by atoms with Crippen LogP contribution in [0.5, 0.6) is 11.5 Å². The van der Waals surface area contributed by atoms with Crippen molar-refractivity contribution >= 4 is 11.6 Å². The first-order valence-corrected chi connectivity index (χ1v) is 7.60. The Hall–Kier alpha value is -0.970. The number of hydrogen-bond donors (Lipinski definition) is 1. The van der Waals surface area contributed by atoms with Crippen molar-refractivity contribution in [1.29, 1.82) is 0 Å². The average molecular weight is 297 g/mol. The fourth-order valence-corrected chi connectivity index (χ4v) is 3.29. The van der Waals surface area contributed by atoms with Gasteiger partial charge in [-0.15, -0.1) is 0 Å². The van der Waals surface area contributed by atoms with Gasteiger partial charge < -0.3 is 15.2 Å². The smallest absolute Gasteiger partial charge is 0.231 e. The number of nitrogens with zero attached hydrogens (tertiary/aromatic N) is 1. The van der Waals surface area contributed by atoms with Crippen LogP contribution < -0.4 is 15.2 Å². The van der Waals surface area contributed by atoms with Crippen molar-refractivity contribution in [1.82, 2.24) is 4.90 Å². The fraction of sp³-hybridized carbons (Fsp3) is 0.600. The molecule has 0 aromatic heterocycles. The molecule has 1 atom stereocenters. The third-order valence-corrected chi connectivity index (χ3v) is 4.60. The predicted molar refractivity (Wildman–Crippen MR) is 79.3 cm³/mol. The molecule has 1 aromatic carbocycles. The summed E-state index contributed by atoms with van der Waals surface area (Å²) in [6.45, 7) is 5.33. The summed E-state index contributed by atoms with van der Waals surface area (Å²) in [6, 6.07) is 4.18. The molecule has 2 aliphatic heterocycles. The van der Waals surface area contributed by atoms with Gasteiger partial charge in [0.1, 0.15) is 0 Å². The van der Waals surface area contributed by atoms with Crippen molar-refractivity contribution in [2.24, 2.45) is 11.7 Å². The molecule has 2 N–H and O–H groups in total. The van der Waals surface area contributed by atoms with E-state index in [9.17, 15) is 0 Å². The summed E-state index contributed by atoms with van der Waals surface area (Å²) in [5, 5.41) is 0.610. The minimum Gasteiger partial charge on any atom is -0.454 e. The minimum absolute atomic E-state index is 0.203. The second-order valence-corrected chi connectivity index (χ2v) is 6.11. The summed E-state index contributed by atoms with van der Waals surface area (Å²) in [7, 11) is 0. The second-order valence-electron chi connectivity index (χ2n) is 5.71. The lowest BCUT2D eigenvalue weighted by Crippen LogP contribution is -2.39. The molecule has 0 radical (unpaired) electrons. The van der Waals surface area contributed by atoms with E-state index in [1.54, 1.807) is 0 Å². The lowest BCUT2D eigenvalue weighted by Gasteiger charge is -2.36. The van der Waals surface area contributed by atoms with E-state index < -0.39 is 0 Å². The summed E-state index contributed by atoms with van der Waals surface area (Å²) in [4.78, 5) is 2.45. The second kappa shape index (κ2) is 5.80. The monoisotopic (exact) mass is 296 g/mol. The van der Waals surface area contributed by atoms with Gasteiger partial charge in [0.2, 0.25) is 6.79 Å². The predicted octanol–water partition coefficient (Wildman–Crippen LogP) is 2.80. The van der Waals surface area contributed by atoms with Crippen LogP contribution in [-0.2, 0) is 0 Å². The van der Waals surface area contributed by atoms with Crippen LogP contribution in [0.3, 0.4) is 0 Å². The molecule has 110 valence electrons. The van der Waals surface area contributed by atoms with Crippen molar-refractivity contribution in [3.63, 3.8) is 0 Å². The largest absolute Gasteiger partial charge is 0.454 e. The Morgan fingerprint density at radius 3 is 2.80 bits per heavy atom. The summed E-state index contributed by atoms with van der Waals surface area (Å²) in [6.07, 6.45) is 2.46. The number of nitrogens with two attached hydrogens (primary N) is 1. The van der Waals surface area contributed by atoms with E-state index >= 15 is 0 Å². The Kier molecular flexibility index (Phi) is 4.06. The molecule has 0 aliphatic carbocycles. The highest BCUT2D eigenvalue weighted by Crippen LogP contribution is 2.42. The Morgan fingerprint density at radius 2 is 2.10 bits per heavy atom. The molecule has 3 rings (SSSR count). The van der Waals surface area contributed by atoms with E-state index in [4.69, 9.17) is 26.8 Å². The Balaban J connectivity index is 1.84. The molecule has 0 saturated carbocycles. The SMILES string of the molecule is CC1CCN(C(CN)c2cc(Cl)c3c(c2)OCO3)CC1. The Morgan fingerprint density at radius 1 is 1.35 bits per heavy atom. The molecular weight excluding hydrogens is 276 g/mol. The molecule has 1 fully saturated rings. The van der Waals surface area contributed by atoms with Crippen molar-refractivity contribution in [2.45, 2.75) is 25.8 Å². The number of fused-ring (bicyclic) bond motifs is 1. The molecule has 0 bridgehead atoms. The maximum atomic E-state index is 6.27. The zero-order valence-corrected chi connectivity index (χ0v) is 12.5. The Labute approximate surface area is 124 Å². The highest BCUT2D eigenvalue weighted by atomic mass is 35.5. The van der Waals surface area contributed by atoms with Crippen LogP contribution >= 0.6 is 11.6 Å². The summed E-state index contributed by atoms with van der Waals surface area (Å²) >= 11 is 6.27. The first-order chi connectivity index (χ1) is 9.69. The third-order valence-electron chi connectivity index (χ3n) is 4.32. The van der Waals surface area contributed by atoms with Crippen molar-refractivity contribution in [2.75, 3.05) is 26.4 Å². The van der Waals surface area contributed by atoms with Gasteiger partial charge in [0.25, 0.3) is 0 Å². The number of hydrogen-bond acceptors (Lipinski definition) is 4. The molecule has 1 aromatic rings. The normalized spacial score (nSPS) is 21.1. The molecule has 0 amide bonds. The third kappa shape index (κ3) is 2.60. The molecule has 0 spiro atoms. The number of rotatable bonds is 3. The first-order valence-electron chi connectivity index (χ1n) is 7.22. The van der Waals surface area contributed by atoms with Crippen molar-refractivity contribution < 1.29 is 9.47 Å². The van der Waals surface area contributed by atoms with Crippen molar-refractivity contribution in [3.8, 4) is 11.5 Å². The maximum absolute atomic E-state index is 6.27. The van der Waals surface area contributed by atoms with Gasteiger partial charge in [-0.1, -0.05) is 18.5 Å². The zero-order valence-electron chi connectivity index (χ0n) is 11.8. The van der Waals surface area contributed by atoms with Gasteiger partial charge >= 0.3 is 0 Å². The molecule has 4 nitrogen and oxygen atoms in total. The molecule has 20 heavy (non-hydrogen) atoms. The van der Waals surface area contributed by atoms with E-state index in [-0.39, 0.29) is 12.8 Å². The lowest BCUT2D eigenvalue weighted by atomic mass is 9.95. The first kappa shape index (κ1) is 14.0. The summed E-state index contributed by atoms with van der Waals surface area (Å²) in [5.74, 6) is 2.19.